The Morgan fingerprint density at radius 3 is 2.86 bits per heavy atom. The van der Waals surface area contributed by atoms with Gasteiger partial charge in [-0.05, 0) is 26.2 Å². The van der Waals surface area contributed by atoms with Crippen LogP contribution in [0.25, 0.3) is 0 Å². The molecule has 0 fully saturated rings. The van der Waals surface area contributed by atoms with E-state index in [0.717, 1.165) is 42.5 Å². The molecule has 5 heteroatoms. The van der Waals surface area contributed by atoms with Gasteiger partial charge in [-0.3, -0.25) is 0 Å². The first-order valence-corrected chi connectivity index (χ1v) is 8.05. The zero-order chi connectivity index (χ0) is 15.4. The van der Waals surface area contributed by atoms with Crippen LogP contribution in [0.2, 0.25) is 0 Å². The van der Waals surface area contributed by atoms with Crippen molar-refractivity contribution in [2.24, 2.45) is 5.92 Å². The maximum Gasteiger partial charge on any atom is 0.317 e. The smallest absolute Gasteiger partial charge is 0.317 e. The molecule has 5 nitrogen and oxygen atoms in total. The van der Waals surface area contributed by atoms with Gasteiger partial charge in [0.1, 0.15) is 5.82 Å². The summed E-state index contributed by atoms with van der Waals surface area (Å²) in [7, 11) is 0. The van der Waals surface area contributed by atoms with Crippen LogP contribution < -0.4 is 5.32 Å². The maximum atomic E-state index is 12.3. The minimum Gasteiger partial charge on any atom is -0.344 e. The lowest BCUT2D eigenvalue weighted by Crippen LogP contribution is -2.45. The molecule has 118 valence electrons. The second-order valence-electron chi connectivity index (χ2n) is 6.59. The number of aromatic amines is 1. The van der Waals surface area contributed by atoms with Crippen molar-refractivity contribution in [3.05, 3.63) is 17.2 Å². The van der Waals surface area contributed by atoms with Crippen molar-refractivity contribution in [2.75, 3.05) is 6.54 Å². The second kappa shape index (κ2) is 6.96. The minimum atomic E-state index is 0.0463. The molecule has 2 rings (SSSR count). The number of rotatable bonds is 5. The van der Waals surface area contributed by atoms with Crippen LogP contribution in [0.1, 0.15) is 57.2 Å². The molecule has 1 aromatic heterocycles. The van der Waals surface area contributed by atoms with Gasteiger partial charge in [0.2, 0.25) is 0 Å². The van der Waals surface area contributed by atoms with Crippen molar-refractivity contribution in [3.63, 3.8) is 0 Å². The van der Waals surface area contributed by atoms with Crippen LogP contribution in [-0.4, -0.2) is 33.5 Å². The van der Waals surface area contributed by atoms with Gasteiger partial charge in [0, 0.05) is 19.0 Å². The number of nitrogens with zero attached hydrogens (tertiary/aromatic N) is 2. The molecule has 21 heavy (non-hydrogen) atoms. The van der Waals surface area contributed by atoms with Crippen molar-refractivity contribution in [2.45, 2.75) is 66.0 Å². The van der Waals surface area contributed by atoms with Gasteiger partial charge in [-0.2, -0.15) is 0 Å². The molecular weight excluding hydrogens is 264 g/mol. The molecule has 0 aliphatic carbocycles. The lowest BCUT2D eigenvalue weighted by atomic mass is 10.0. The van der Waals surface area contributed by atoms with Crippen LogP contribution in [0.5, 0.6) is 0 Å². The molecule has 0 bridgehead atoms. The quantitative estimate of drug-likeness (QED) is 0.876. The SMILES string of the molecule is Cc1nc2c([nH]1)CN(C(=O)NC(C)CCCC(C)C)CC2. The van der Waals surface area contributed by atoms with Crippen LogP contribution in [0.3, 0.4) is 0 Å². The number of urea groups is 1. The molecule has 1 atom stereocenters. The number of fused-ring (bicyclic) bond motifs is 1. The van der Waals surface area contributed by atoms with Crippen LogP contribution in [-0.2, 0) is 13.0 Å². The molecule has 0 radical (unpaired) electrons. The average Bonchev–Trinajstić information content (AvgIpc) is 2.76. The third-order valence-corrected chi connectivity index (χ3v) is 4.03. The Bertz CT molecular complexity index is 481. The summed E-state index contributed by atoms with van der Waals surface area (Å²) >= 11 is 0. The molecule has 1 aromatic rings. The van der Waals surface area contributed by atoms with E-state index in [1.54, 1.807) is 0 Å². The number of carbonyl (C=O) groups is 1. The number of hydrogen-bond acceptors (Lipinski definition) is 2. The maximum absolute atomic E-state index is 12.3. The number of H-pyrrole nitrogens is 1. The summed E-state index contributed by atoms with van der Waals surface area (Å²) in [6, 6.07) is 0.283. The number of amides is 2. The topological polar surface area (TPSA) is 61.0 Å². The predicted molar refractivity (Wildman–Crippen MR) is 84.1 cm³/mol. The van der Waals surface area contributed by atoms with Crippen LogP contribution >= 0.6 is 0 Å². The van der Waals surface area contributed by atoms with E-state index in [1.807, 2.05) is 11.8 Å². The van der Waals surface area contributed by atoms with Gasteiger partial charge in [-0.15, -0.1) is 0 Å². The van der Waals surface area contributed by atoms with Gasteiger partial charge < -0.3 is 15.2 Å². The van der Waals surface area contributed by atoms with E-state index >= 15 is 0 Å². The summed E-state index contributed by atoms with van der Waals surface area (Å²) in [5, 5.41) is 3.11. The first kappa shape index (κ1) is 15.9. The number of carbonyl (C=O) groups excluding carboxylic acids is 1. The van der Waals surface area contributed by atoms with Crippen molar-refractivity contribution in [3.8, 4) is 0 Å². The van der Waals surface area contributed by atoms with E-state index in [9.17, 15) is 4.79 Å². The predicted octanol–water partition coefficient (Wildman–Crippen LogP) is 3.00. The molecular formula is C16H28N4O. The molecule has 2 heterocycles. The number of hydrogen-bond donors (Lipinski definition) is 2. The van der Waals surface area contributed by atoms with Crippen LogP contribution in [0.15, 0.2) is 0 Å². The molecule has 1 unspecified atom stereocenters. The van der Waals surface area contributed by atoms with Gasteiger partial charge >= 0.3 is 6.03 Å². The number of aromatic nitrogens is 2. The van der Waals surface area contributed by atoms with Crippen molar-refractivity contribution in [1.29, 1.82) is 0 Å². The van der Waals surface area contributed by atoms with E-state index in [-0.39, 0.29) is 12.1 Å². The van der Waals surface area contributed by atoms with E-state index < -0.39 is 0 Å². The van der Waals surface area contributed by atoms with Crippen molar-refractivity contribution in [1.82, 2.24) is 20.2 Å². The van der Waals surface area contributed by atoms with E-state index in [1.165, 1.54) is 12.8 Å². The van der Waals surface area contributed by atoms with Crippen molar-refractivity contribution < 1.29 is 4.79 Å². The Kier molecular flexibility index (Phi) is 5.26. The Labute approximate surface area is 127 Å². The standard InChI is InChI=1S/C16H28N4O/c1-11(2)6-5-7-12(3)17-16(21)20-9-8-14-15(10-20)19-13(4)18-14/h11-12H,5-10H2,1-4H3,(H,17,21)(H,18,19). The molecule has 1 aliphatic rings. The summed E-state index contributed by atoms with van der Waals surface area (Å²) in [6.07, 6.45) is 4.28. The van der Waals surface area contributed by atoms with E-state index in [0.29, 0.717) is 6.54 Å². The summed E-state index contributed by atoms with van der Waals surface area (Å²) in [6.45, 7) is 9.91. The van der Waals surface area contributed by atoms with E-state index in [4.69, 9.17) is 0 Å². The summed E-state index contributed by atoms with van der Waals surface area (Å²) in [5.74, 6) is 1.67. The number of nitrogens with one attached hydrogen (secondary N) is 2. The van der Waals surface area contributed by atoms with Gasteiger partial charge in [0.05, 0.1) is 17.9 Å². The molecule has 0 spiro atoms. The molecule has 0 saturated heterocycles. The highest BCUT2D eigenvalue weighted by Gasteiger charge is 2.23. The Morgan fingerprint density at radius 2 is 2.14 bits per heavy atom. The summed E-state index contributed by atoms with van der Waals surface area (Å²) in [4.78, 5) is 21.9. The van der Waals surface area contributed by atoms with Gasteiger partial charge in [0.15, 0.2) is 0 Å². The highest BCUT2D eigenvalue weighted by Crippen LogP contribution is 2.16. The Balaban J connectivity index is 1.79. The molecule has 2 amide bonds. The third kappa shape index (κ3) is 4.48. The zero-order valence-corrected chi connectivity index (χ0v) is 13.7. The Morgan fingerprint density at radius 1 is 1.38 bits per heavy atom. The molecule has 0 aromatic carbocycles. The zero-order valence-electron chi connectivity index (χ0n) is 13.7. The van der Waals surface area contributed by atoms with Crippen LogP contribution in [0, 0.1) is 12.8 Å². The largest absolute Gasteiger partial charge is 0.344 e. The average molecular weight is 292 g/mol. The fourth-order valence-electron chi connectivity index (χ4n) is 2.82. The van der Waals surface area contributed by atoms with E-state index in [2.05, 4.69) is 36.1 Å². The minimum absolute atomic E-state index is 0.0463. The lowest BCUT2D eigenvalue weighted by molar-refractivity contribution is 0.187. The van der Waals surface area contributed by atoms with Crippen molar-refractivity contribution >= 4 is 6.03 Å². The molecule has 2 N–H and O–H groups in total. The molecule has 1 aliphatic heterocycles. The highest BCUT2D eigenvalue weighted by atomic mass is 16.2. The first-order valence-electron chi connectivity index (χ1n) is 8.05. The van der Waals surface area contributed by atoms with Crippen LogP contribution in [0.4, 0.5) is 4.79 Å². The Hall–Kier alpha value is -1.52. The normalized spacial score (nSPS) is 16.0. The number of aryl methyl sites for hydroxylation is 1. The third-order valence-electron chi connectivity index (χ3n) is 4.03. The highest BCUT2D eigenvalue weighted by molar-refractivity contribution is 5.74. The fraction of sp³-hybridized carbons (Fsp3) is 0.750. The van der Waals surface area contributed by atoms with Gasteiger partial charge in [-0.25, -0.2) is 9.78 Å². The summed E-state index contributed by atoms with van der Waals surface area (Å²) < 4.78 is 0. The monoisotopic (exact) mass is 292 g/mol. The first-order chi connectivity index (χ1) is 9.95. The second-order valence-corrected chi connectivity index (χ2v) is 6.59. The van der Waals surface area contributed by atoms with Gasteiger partial charge in [-0.1, -0.05) is 26.7 Å². The fourth-order valence-corrected chi connectivity index (χ4v) is 2.82. The summed E-state index contributed by atoms with van der Waals surface area (Å²) in [5.41, 5.74) is 2.20. The lowest BCUT2D eigenvalue weighted by Gasteiger charge is -2.28. The van der Waals surface area contributed by atoms with Gasteiger partial charge in [0.25, 0.3) is 0 Å². The molecule has 0 saturated carbocycles. The number of imidazole rings is 1.